The van der Waals surface area contributed by atoms with Crippen LogP contribution in [0.5, 0.6) is 0 Å². The molecule has 0 radical (unpaired) electrons. The molecule has 0 aliphatic heterocycles. The third kappa shape index (κ3) is 2.89. The summed E-state index contributed by atoms with van der Waals surface area (Å²) in [7, 11) is 0. The Morgan fingerprint density at radius 1 is 1.25 bits per heavy atom. The maximum atomic E-state index is 13.2. The summed E-state index contributed by atoms with van der Waals surface area (Å²) in [5.74, 6) is -0.458. The summed E-state index contributed by atoms with van der Waals surface area (Å²) in [5, 5.41) is 0. The second kappa shape index (κ2) is 5.23. The lowest BCUT2D eigenvalue weighted by molar-refractivity contribution is 0.580. The van der Waals surface area contributed by atoms with Gasteiger partial charge in [-0.2, -0.15) is 0 Å². The molecule has 20 heavy (non-hydrogen) atoms. The molecule has 1 saturated carbocycles. The van der Waals surface area contributed by atoms with Crippen molar-refractivity contribution in [2.24, 2.45) is 0 Å². The van der Waals surface area contributed by atoms with Crippen molar-refractivity contribution < 1.29 is 8.78 Å². The number of nitrogens with zero attached hydrogens (tertiary/aromatic N) is 1. The van der Waals surface area contributed by atoms with Crippen LogP contribution in [0.15, 0.2) is 23.0 Å². The van der Waals surface area contributed by atoms with E-state index >= 15 is 0 Å². The Morgan fingerprint density at radius 3 is 2.50 bits per heavy atom. The lowest BCUT2D eigenvalue weighted by Crippen LogP contribution is -2.18. The predicted molar refractivity (Wildman–Crippen MR) is 78.7 cm³/mol. The summed E-state index contributed by atoms with van der Waals surface area (Å²) in [5.41, 5.74) is 1.07. The molecule has 0 bridgehead atoms. The fraction of sp³-hybridized carbons (Fsp3) is 0.286. The lowest BCUT2D eigenvalue weighted by Gasteiger charge is -2.06. The monoisotopic (exact) mass is 388 g/mol. The molecular formula is C14H11F2IN2O. The van der Waals surface area contributed by atoms with E-state index in [0.717, 1.165) is 24.6 Å². The number of H-pyrrole nitrogens is 1. The molecule has 0 saturated heterocycles. The minimum absolute atomic E-state index is 0.186. The predicted octanol–water partition coefficient (Wildman–Crippen LogP) is 3.12. The molecule has 2 aromatic rings. The molecule has 1 N–H and O–H groups in total. The maximum Gasteiger partial charge on any atom is 0.264 e. The van der Waals surface area contributed by atoms with Gasteiger partial charge in [0.15, 0.2) is 0 Å². The van der Waals surface area contributed by atoms with Crippen molar-refractivity contribution in [2.45, 2.75) is 25.2 Å². The normalized spacial score (nSPS) is 14.6. The van der Waals surface area contributed by atoms with Gasteiger partial charge in [-0.25, -0.2) is 13.8 Å². The van der Waals surface area contributed by atoms with Crippen LogP contribution in [0.3, 0.4) is 0 Å². The average molecular weight is 388 g/mol. The number of halogens is 3. The molecule has 1 aliphatic rings. The van der Waals surface area contributed by atoms with E-state index in [-0.39, 0.29) is 12.0 Å². The van der Waals surface area contributed by atoms with Gasteiger partial charge >= 0.3 is 0 Å². The van der Waals surface area contributed by atoms with E-state index in [0.29, 0.717) is 20.9 Å². The molecule has 3 nitrogen and oxygen atoms in total. The second-order valence-corrected chi connectivity index (χ2v) is 6.02. The van der Waals surface area contributed by atoms with Gasteiger partial charge in [0.1, 0.15) is 17.5 Å². The Morgan fingerprint density at radius 2 is 1.90 bits per heavy atom. The summed E-state index contributed by atoms with van der Waals surface area (Å²) in [6.45, 7) is 0. The SMILES string of the molecule is O=c1[nH]c(Cc2cc(F)cc(F)c2)nc(C2CC2)c1I. The van der Waals surface area contributed by atoms with Gasteiger partial charge in [0.05, 0.1) is 9.26 Å². The molecule has 1 fully saturated rings. The Kier molecular flexibility index (Phi) is 3.57. The molecule has 1 aromatic carbocycles. The summed E-state index contributed by atoms with van der Waals surface area (Å²) in [6.07, 6.45) is 2.29. The van der Waals surface area contributed by atoms with Gasteiger partial charge in [-0.1, -0.05) is 0 Å². The van der Waals surface area contributed by atoms with Crippen LogP contribution in [0.25, 0.3) is 0 Å². The largest absolute Gasteiger partial charge is 0.309 e. The summed E-state index contributed by atoms with van der Waals surface area (Å²) in [6, 6.07) is 3.32. The van der Waals surface area contributed by atoms with Crippen LogP contribution in [-0.4, -0.2) is 9.97 Å². The molecule has 6 heteroatoms. The first-order valence-electron chi connectivity index (χ1n) is 6.26. The highest BCUT2D eigenvalue weighted by molar-refractivity contribution is 14.1. The first kappa shape index (κ1) is 13.7. The number of aromatic nitrogens is 2. The first-order valence-corrected chi connectivity index (χ1v) is 7.34. The van der Waals surface area contributed by atoms with Crippen LogP contribution < -0.4 is 5.56 Å². The summed E-state index contributed by atoms with van der Waals surface area (Å²) < 4.78 is 26.9. The third-order valence-electron chi connectivity index (χ3n) is 3.20. The zero-order valence-corrected chi connectivity index (χ0v) is 12.6. The van der Waals surface area contributed by atoms with Crippen molar-refractivity contribution in [3.05, 3.63) is 60.8 Å². The van der Waals surface area contributed by atoms with E-state index in [4.69, 9.17) is 0 Å². The molecule has 0 spiro atoms. The van der Waals surface area contributed by atoms with Crippen LogP contribution in [-0.2, 0) is 6.42 Å². The quantitative estimate of drug-likeness (QED) is 0.822. The van der Waals surface area contributed by atoms with Crippen molar-refractivity contribution in [1.82, 2.24) is 9.97 Å². The Balaban J connectivity index is 1.96. The van der Waals surface area contributed by atoms with Crippen LogP contribution in [0.2, 0.25) is 0 Å². The number of rotatable bonds is 3. The topological polar surface area (TPSA) is 45.8 Å². The van der Waals surface area contributed by atoms with Gasteiger partial charge in [0.2, 0.25) is 0 Å². The highest BCUT2D eigenvalue weighted by atomic mass is 127. The Hall–Kier alpha value is -1.31. The van der Waals surface area contributed by atoms with Crippen LogP contribution in [0.4, 0.5) is 8.78 Å². The number of aromatic amines is 1. The number of nitrogens with one attached hydrogen (secondary N) is 1. The van der Waals surface area contributed by atoms with E-state index < -0.39 is 11.6 Å². The van der Waals surface area contributed by atoms with Crippen LogP contribution >= 0.6 is 22.6 Å². The highest BCUT2D eigenvalue weighted by Gasteiger charge is 2.28. The van der Waals surface area contributed by atoms with E-state index in [2.05, 4.69) is 9.97 Å². The van der Waals surface area contributed by atoms with Crippen molar-refractivity contribution in [3.8, 4) is 0 Å². The van der Waals surface area contributed by atoms with Crippen molar-refractivity contribution in [3.63, 3.8) is 0 Å². The number of hydrogen-bond acceptors (Lipinski definition) is 2. The molecule has 0 unspecified atom stereocenters. The molecule has 0 atom stereocenters. The average Bonchev–Trinajstić information content (AvgIpc) is 3.16. The highest BCUT2D eigenvalue weighted by Crippen LogP contribution is 2.40. The summed E-state index contributed by atoms with van der Waals surface area (Å²) >= 11 is 1.99. The second-order valence-electron chi connectivity index (χ2n) is 4.94. The van der Waals surface area contributed by atoms with Crippen molar-refractivity contribution >= 4 is 22.6 Å². The Labute approximate surface area is 127 Å². The maximum absolute atomic E-state index is 13.2. The van der Waals surface area contributed by atoms with E-state index in [1.165, 1.54) is 12.1 Å². The molecule has 1 aromatic heterocycles. The third-order valence-corrected chi connectivity index (χ3v) is 4.24. The van der Waals surface area contributed by atoms with E-state index in [9.17, 15) is 13.6 Å². The number of benzene rings is 1. The summed E-state index contributed by atoms with van der Waals surface area (Å²) in [4.78, 5) is 19.0. The van der Waals surface area contributed by atoms with Gasteiger partial charge in [-0.3, -0.25) is 4.79 Å². The van der Waals surface area contributed by atoms with Crippen molar-refractivity contribution in [2.75, 3.05) is 0 Å². The minimum Gasteiger partial charge on any atom is -0.309 e. The minimum atomic E-state index is -0.629. The van der Waals surface area contributed by atoms with Crippen LogP contribution in [0.1, 0.15) is 35.8 Å². The molecule has 0 amide bonds. The smallest absolute Gasteiger partial charge is 0.264 e. The van der Waals surface area contributed by atoms with Gasteiger partial charge in [-0.05, 0) is 53.1 Å². The fourth-order valence-corrected chi connectivity index (χ4v) is 2.84. The van der Waals surface area contributed by atoms with Gasteiger partial charge in [-0.15, -0.1) is 0 Å². The van der Waals surface area contributed by atoms with Gasteiger partial charge in [0, 0.05) is 18.4 Å². The molecule has 1 heterocycles. The zero-order chi connectivity index (χ0) is 14.3. The standard InChI is InChI=1S/C14H11F2IN2O/c15-9-3-7(4-10(16)6-9)5-11-18-13(8-1-2-8)12(17)14(20)19-11/h3-4,6,8H,1-2,5H2,(H,18,19,20). The lowest BCUT2D eigenvalue weighted by atomic mass is 10.1. The molecule has 104 valence electrons. The van der Waals surface area contributed by atoms with Crippen LogP contribution in [0, 0.1) is 15.2 Å². The zero-order valence-electron chi connectivity index (χ0n) is 10.4. The van der Waals surface area contributed by atoms with E-state index in [1.807, 2.05) is 22.6 Å². The Bertz CT molecular complexity index is 705. The molecule has 1 aliphatic carbocycles. The van der Waals surface area contributed by atoms with Gasteiger partial charge < -0.3 is 4.98 Å². The fourth-order valence-electron chi connectivity index (χ4n) is 2.14. The molecule has 3 rings (SSSR count). The number of hydrogen-bond donors (Lipinski definition) is 1. The van der Waals surface area contributed by atoms with E-state index in [1.54, 1.807) is 0 Å². The van der Waals surface area contributed by atoms with Gasteiger partial charge in [0.25, 0.3) is 5.56 Å². The van der Waals surface area contributed by atoms with Crippen molar-refractivity contribution in [1.29, 1.82) is 0 Å². The first-order chi connectivity index (χ1) is 9.52. The molecular weight excluding hydrogens is 377 g/mol.